The number of nitrogens with zero attached hydrogens (tertiary/aromatic N) is 1. The van der Waals surface area contributed by atoms with Gasteiger partial charge in [-0.05, 0) is 0 Å². The summed E-state index contributed by atoms with van der Waals surface area (Å²) >= 11 is 0. The van der Waals surface area contributed by atoms with Crippen LogP contribution in [0.25, 0.3) is 0 Å². The van der Waals surface area contributed by atoms with Crippen LogP contribution < -0.4 is 5.32 Å². The average molecular weight is 206 g/mol. The highest BCUT2D eigenvalue weighted by Gasteiger charge is 2.08. The zero-order chi connectivity index (χ0) is 9.23. The van der Waals surface area contributed by atoms with Crippen LogP contribution in [0, 0.1) is 7.05 Å². The summed E-state index contributed by atoms with van der Waals surface area (Å²) in [5.74, 6) is 0. The maximum Gasteiger partial charge on any atom is 0.0645 e. The summed E-state index contributed by atoms with van der Waals surface area (Å²) in [5, 5.41) is 1.97. The van der Waals surface area contributed by atoms with Crippen molar-refractivity contribution in [3.63, 3.8) is 0 Å². The molecule has 0 spiro atoms. The lowest BCUT2D eigenvalue weighted by Crippen LogP contribution is -2.78. The van der Waals surface area contributed by atoms with E-state index in [1.54, 1.807) is 0 Å². The van der Waals surface area contributed by atoms with Gasteiger partial charge in [0.1, 0.15) is 0 Å². The van der Waals surface area contributed by atoms with Crippen molar-refractivity contribution in [3.05, 3.63) is 7.05 Å². The van der Waals surface area contributed by atoms with E-state index in [4.69, 9.17) is 4.74 Å². The minimum Gasteiger partial charge on any atom is -0.478 e. The Hall–Kier alpha value is -0.120. The predicted molar refractivity (Wildman–Crippen MR) is 64.2 cm³/mol. The van der Waals surface area contributed by atoms with Gasteiger partial charge in [0.05, 0.1) is 19.8 Å². The van der Waals surface area contributed by atoms with Crippen LogP contribution in [0.15, 0.2) is 0 Å². The van der Waals surface area contributed by atoms with Gasteiger partial charge in [0.25, 0.3) is 0 Å². The second kappa shape index (κ2) is 15.4. The molecular weight excluding hydrogens is 176 g/mol. The molecule has 0 saturated carbocycles. The van der Waals surface area contributed by atoms with E-state index in [-0.39, 0.29) is 14.9 Å². The lowest BCUT2D eigenvalue weighted by atomic mass is 10.4. The molecule has 1 aliphatic heterocycles. The third-order valence-electron chi connectivity index (χ3n) is 1.75. The van der Waals surface area contributed by atoms with Crippen LogP contribution in [0.2, 0.25) is 0 Å². The van der Waals surface area contributed by atoms with E-state index in [0.29, 0.717) is 0 Å². The summed E-state index contributed by atoms with van der Waals surface area (Å²) in [5.41, 5.74) is 0. The fourth-order valence-corrected chi connectivity index (χ4v) is 1.10. The molecular formula is C11H30N2O. The fraction of sp³-hybridized carbons (Fsp3) is 0.909. The summed E-state index contributed by atoms with van der Waals surface area (Å²) < 4.78 is 5.21. The first kappa shape index (κ1) is 19.5. The van der Waals surface area contributed by atoms with Gasteiger partial charge in [-0.3, -0.25) is 4.90 Å². The average Bonchev–Trinajstić information content (AvgIpc) is 2.19. The van der Waals surface area contributed by atoms with Gasteiger partial charge in [-0.2, -0.15) is 7.05 Å². The second-order valence-electron chi connectivity index (χ2n) is 2.53. The molecule has 1 rings (SSSR count). The maximum atomic E-state index is 5.21. The Bertz CT molecular complexity index is 83.4. The van der Waals surface area contributed by atoms with Crippen LogP contribution in [0.5, 0.6) is 0 Å². The monoisotopic (exact) mass is 206 g/mol. The Morgan fingerprint density at radius 3 is 2.14 bits per heavy atom. The smallest absolute Gasteiger partial charge is 0.0645 e. The van der Waals surface area contributed by atoms with Gasteiger partial charge in [-0.25, -0.2) is 0 Å². The van der Waals surface area contributed by atoms with Crippen molar-refractivity contribution in [3.8, 4) is 0 Å². The van der Waals surface area contributed by atoms with Gasteiger partial charge in [-0.15, -0.1) is 0 Å². The van der Waals surface area contributed by atoms with Crippen molar-refractivity contribution in [1.82, 2.24) is 4.90 Å². The van der Waals surface area contributed by atoms with E-state index < -0.39 is 0 Å². The molecule has 3 heteroatoms. The van der Waals surface area contributed by atoms with Crippen LogP contribution in [0.4, 0.5) is 0 Å². The molecule has 0 amide bonds. The van der Waals surface area contributed by atoms with Crippen LogP contribution in [0.1, 0.15) is 28.7 Å². The lowest BCUT2D eigenvalue weighted by Gasteiger charge is -2.25. The van der Waals surface area contributed by atoms with Crippen LogP contribution in [-0.4, -0.2) is 44.3 Å². The van der Waals surface area contributed by atoms with Gasteiger partial charge < -0.3 is 10.1 Å². The summed E-state index contributed by atoms with van der Waals surface area (Å²) in [6.45, 7) is 10.2. The molecule has 0 aromatic carbocycles. The van der Waals surface area contributed by atoms with Crippen molar-refractivity contribution < 1.29 is 10.1 Å². The van der Waals surface area contributed by atoms with Gasteiger partial charge in [-0.1, -0.05) is 28.7 Å². The van der Waals surface area contributed by atoms with Crippen LogP contribution in [0.3, 0.4) is 0 Å². The second-order valence-corrected chi connectivity index (χ2v) is 2.53. The van der Waals surface area contributed by atoms with Gasteiger partial charge >= 0.3 is 0 Å². The molecule has 90 valence electrons. The van der Waals surface area contributed by atoms with Crippen LogP contribution >= 0.6 is 0 Å². The standard InChI is InChI=1S/C7H16N2O.C2H6.2CH4/c1-8-2-3-9-4-6-10-7-5-9;1-2;;/h1-8H2;1-2H3;2*1H4. The van der Waals surface area contributed by atoms with Gasteiger partial charge in [0.15, 0.2) is 0 Å². The lowest BCUT2D eigenvalue weighted by molar-refractivity contribution is -0.595. The Balaban J connectivity index is -0.000000284. The highest BCUT2D eigenvalue weighted by Crippen LogP contribution is 1.93. The molecule has 1 fully saturated rings. The van der Waals surface area contributed by atoms with E-state index in [1.165, 1.54) is 0 Å². The minimum absolute atomic E-state index is 0. The molecule has 3 nitrogen and oxygen atoms in total. The first-order valence-electron chi connectivity index (χ1n) is 4.84. The zero-order valence-corrected chi connectivity index (χ0v) is 8.38. The van der Waals surface area contributed by atoms with Crippen molar-refractivity contribution in [2.75, 3.05) is 39.4 Å². The molecule has 1 heterocycles. The molecule has 0 radical (unpaired) electrons. The van der Waals surface area contributed by atoms with E-state index in [2.05, 4.69) is 11.9 Å². The number of rotatable bonds is 3. The topological polar surface area (TPSA) is 29.1 Å². The predicted octanol–water partition coefficient (Wildman–Crippen LogP) is 0.972. The molecule has 0 bridgehead atoms. The molecule has 0 aliphatic carbocycles. The van der Waals surface area contributed by atoms with Gasteiger partial charge in [0.2, 0.25) is 0 Å². The first-order chi connectivity index (χ1) is 5.93. The number of hydrogen-bond donors (Lipinski definition) is 1. The molecule has 1 aliphatic rings. The fourth-order valence-electron chi connectivity index (χ4n) is 1.10. The Kier molecular flexibility index (Phi) is 21.3. The molecule has 0 aromatic heterocycles. The Morgan fingerprint density at radius 2 is 1.71 bits per heavy atom. The quantitative estimate of drug-likeness (QED) is 0.697. The van der Waals surface area contributed by atoms with E-state index in [1.807, 2.05) is 19.2 Å². The van der Waals surface area contributed by atoms with Crippen molar-refractivity contribution in [2.45, 2.75) is 28.7 Å². The largest absolute Gasteiger partial charge is 0.478 e. The zero-order valence-electron chi connectivity index (χ0n) is 8.38. The molecule has 2 N–H and O–H groups in total. The molecule has 0 aromatic rings. The number of morpholine rings is 1. The summed E-state index contributed by atoms with van der Waals surface area (Å²) in [6, 6.07) is 0. The van der Waals surface area contributed by atoms with Crippen molar-refractivity contribution in [1.29, 1.82) is 0 Å². The highest BCUT2D eigenvalue weighted by molar-refractivity contribution is 4.59. The Morgan fingerprint density at radius 1 is 1.21 bits per heavy atom. The third-order valence-corrected chi connectivity index (χ3v) is 1.75. The van der Waals surface area contributed by atoms with Gasteiger partial charge in [0, 0.05) is 19.6 Å². The maximum absolute atomic E-state index is 5.21. The number of hydrogen-bond acceptors (Lipinski definition) is 2. The third kappa shape index (κ3) is 9.96. The number of nitrogens with two attached hydrogens (primary N) is 1. The number of quaternary nitrogens is 1. The van der Waals surface area contributed by atoms with Crippen molar-refractivity contribution >= 4 is 0 Å². The highest BCUT2D eigenvalue weighted by atomic mass is 16.5. The van der Waals surface area contributed by atoms with E-state index in [9.17, 15) is 0 Å². The molecule has 0 unspecified atom stereocenters. The first-order valence-corrected chi connectivity index (χ1v) is 4.84. The molecule has 14 heavy (non-hydrogen) atoms. The van der Waals surface area contributed by atoms with E-state index in [0.717, 1.165) is 39.4 Å². The number of ether oxygens (including phenoxy) is 1. The Labute approximate surface area is 90.8 Å². The summed E-state index contributed by atoms with van der Waals surface area (Å²) in [6.07, 6.45) is 0. The SMILES string of the molecule is C.C.CC.[CH2-][NH2+]CCN1CCOCC1. The minimum atomic E-state index is 0. The van der Waals surface area contributed by atoms with Crippen molar-refractivity contribution in [2.24, 2.45) is 0 Å². The summed E-state index contributed by atoms with van der Waals surface area (Å²) in [4.78, 5) is 2.41. The molecule has 1 saturated heterocycles. The summed E-state index contributed by atoms with van der Waals surface area (Å²) in [7, 11) is 3.69. The van der Waals surface area contributed by atoms with E-state index >= 15 is 0 Å². The molecule has 0 atom stereocenters. The van der Waals surface area contributed by atoms with Crippen LogP contribution in [-0.2, 0) is 4.74 Å². The normalized spacial score (nSPS) is 15.6.